The number of rotatable bonds is 8. The van der Waals surface area contributed by atoms with E-state index in [1.165, 1.54) is 7.11 Å². The van der Waals surface area contributed by atoms with Gasteiger partial charge < -0.3 is 15.4 Å². The van der Waals surface area contributed by atoms with E-state index in [-0.39, 0.29) is 17.8 Å². The Morgan fingerprint density at radius 3 is 2.77 bits per heavy atom. The highest BCUT2D eigenvalue weighted by atomic mass is 16.5. The minimum absolute atomic E-state index is 0.0840. The van der Waals surface area contributed by atoms with Crippen molar-refractivity contribution in [1.29, 1.82) is 0 Å². The van der Waals surface area contributed by atoms with Crippen molar-refractivity contribution in [3.05, 3.63) is 35.9 Å². The van der Waals surface area contributed by atoms with Crippen LogP contribution in [-0.4, -0.2) is 55.1 Å². The molecule has 3 aliphatic heterocycles. The summed E-state index contributed by atoms with van der Waals surface area (Å²) in [5, 5.41) is 6.85. The fourth-order valence-corrected chi connectivity index (χ4v) is 6.26. The van der Waals surface area contributed by atoms with Crippen LogP contribution in [0.2, 0.25) is 0 Å². The molecule has 5 rings (SSSR count). The Balaban J connectivity index is 1.57. The average molecular weight is 414 g/mol. The zero-order valence-corrected chi connectivity index (χ0v) is 18.4. The van der Waals surface area contributed by atoms with Crippen LogP contribution in [0.5, 0.6) is 0 Å². The summed E-state index contributed by atoms with van der Waals surface area (Å²) in [5.41, 5.74) is 0.501. The lowest BCUT2D eigenvalue weighted by Crippen LogP contribution is -2.74. The molecule has 1 saturated carbocycles. The highest BCUT2D eigenvalue weighted by molar-refractivity contribution is 5.87. The monoisotopic (exact) mass is 413 g/mol. The first-order chi connectivity index (χ1) is 14.4. The van der Waals surface area contributed by atoms with E-state index >= 15 is 0 Å². The maximum atomic E-state index is 13.6. The topological polar surface area (TPSA) is 70.7 Å². The Morgan fingerprint density at radius 1 is 1.30 bits per heavy atom. The Morgan fingerprint density at radius 2 is 2.07 bits per heavy atom. The number of fused-ring (bicyclic) bond motifs is 1. The molecular formula is C24H35N3O3. The molecule has 0 aromatic heterocycles. The number of amides is 1. The third-order valence-corrected chi connectivity index (χ3v) is 7.41. The van der Waals surface area contributed by atoms with Crippen molar-refractivity contribution in [2.24, 2.45) is 23.7 Å². The van der Waals surface area contributed by atoms with Gasteiger partial charge in [0.25, 0.3) is 0 Å². The van der Waals surface area contributed by atoms with Gasteiger partial charge in [-0.15, -0.1) is 0 Å². The molecule has 164 valence electrons. The van der Waals surface area contributed by atoms with Gasteiger partial charge >= 0.3 is 5.97 Å². The van der Waals surface area contributed by atoms with E-state index in [9.17, 15) is 9.59 Å². The maximum absolute atomic E-state index is 13.6. The van der Waals surface area contributed by atoms with Gasteiger partial charge in [-0.05, 0) is 36.2 Å². The molecule has 30 heavy (non-hydrogen) atoms. The Labute approximate surface area is 179 Å². The average Bonchev–Trinajstić information content (AvgIpc) is 3.04. The molecular weight excluding hydrogens is 378 g/mol. The van der Waals surface area contributed by atoms with Crippen LogP contribution in [0.15, 0.2) is 30.3 Å². The van der Waals surface area contributed by atoms with Gasteiger partial charge in [0, 0.05) is 44.6 Å². The van der Waals surface area contributed by atoms with Crippen molar-refractivity contribution in [3.8, 4) is 0 Å². The van der Waals surface area contributed by atoms with Crippen molar-refractivity contribution in [3.63, 3.8) is 0 Å². The summed E-state index contributed by atoms with van der Waals surface area (Å²) in [6.45, 7) is 8.04. The van der Waals surface area contributed by atoms with Gasteiger partial charge in [0.2, 0.25) is 5.91 Å². The Bertz CT molecular complexity index is 768. The highest BCUT2D eigenvalue weighted by Gasteiger charge is 2.64. The van der Waals surface area contributed by atoms with Crippen LogP contribution in [-0.2, 0) is 20.9 Å². The standard InChI is InChI=1S/C24H35N3O3/c1-16(2)14-27-15-18-11-24(23(29)25-12-17-7-5-4-6-8-17)20(9-10-21(28)30-3)22(27)19(18)13-26-24/h4-8,16,18-20,22,26H,9-15H2,1-3H3,(H,25,29)/t18-,19-,20+,22-,24+/m1/s1. The largest absolute Gasteiger partial charge is 0.469 e. The molecule has 0 radical (unpaired) electrons. The van der Waals surface area contributed by atoms with E-state index in [0.717, 1.165) is 31.6 Å². The molecule has 6 nitrogen and oxygen atoms in total. The summed E-state index contributed by atoms with van der Waals surface area (Å²) in [6, 6.07) is 10.4. The van der Waals surface area contributed by atoms with Gasteiger partial charge in [-0.25, -0.2) is 0 Å². The number of nitrogens with zero attached hydrogens (tertiary/aromatic N) is 1. The van der Waals surface area contributed by atoms with E-state index in [1.807, 2.05) is 30.3 Å². The van der Waals surface area contributed by atoms with Gasteiger partial charge in [0.1, 0.15) is 5.54 Å². The van der Waals surface area contributed by atoms with Crippen LogP contribution in [0.3, 0.4) is 0 Å². The molecule has 4 aliphatic rings. The molecule has 0 spiro atoms. The zero-order valence-electron chi connectivity index (χ0n) is 18.4. The van der Waals surface area contributed by atoms with E-state index < -0.39 is 5.54 Å². The molecule has 6 heteroatoms. The van der Waals surface area contributed by atoms with Crippen LogP contribution in [0.4, 0.5) is 0 Å². The molecule has 2 N–H and O–H groups in total. The Hall–Kier alpha value is -1.92. The fraction of sp³-hybridized carbons (Fsp3) is 0.667. The van der Waals surface area contributed by atoms with Gasteiger partial charge in [-0.1, -0.05) is 44.2 Å². The lowest BCUT2D eigenvalue weighted by atomic mass is 9.58. The quantitative estimate of drug-likeness (QED) is 0.640. The number of esters is 1. The first-order valence-electron chi connectivity index (χ1n) is 11.3. The summed E-state index contributed by atoms with van der Waals surface area (Å²) in [4.78, 5) is 28.2. The van der Waals surface area contributed by atoms with E-state index in [0.29, 0.717) is 43.2 Å². The second-order valence-electron chi connectivity index (χ2n) is 9.71. The predicted molar refractivity (Wildman–Crippen MR) is 116 cm³/mol. The van der Waals surface area contributed by atoms with Crippen LogP contribution in [0.25, 0.3) is 0 Å². The van der Waals surface area contributed by atoms with Gasteiger partial charge in [-0.2, -0.15) is 0 Å². The molecule has 3 saturated heterocycles. The number of nitrogens with one attached hydrogen (secondary N) is 2. The SMILES string of the molecule is COC(=O)CC[C@H]1[C@H]2[C@@H]3CN[C@@]1(C(=O)NCc1ccccc1)C[C@@H]3CN2CC(C)C. The number of hydrogen-bond acceptors (Lipinski definition) is 5. The second kappa shape index (κ2) is 8.67. The molecule has 4 fully saturated rings. The summed E-state index contributed by atoms with van der Waals surface area (Å²) >= 11 is 0. The number of methoxy groups -OCH3 is 1. The zero-order chi connectivity index (χ0) is 21.3. The van der Waals surface area contributed by atoms with Crippen molar-refractivity contribution < 1.29 is 14.3 Å². The van der Waals surface area contributed by atoms with E-state index in [2.05, 4.69) is 29.4 Å². The highest BCUT2D eigenvalue weighted by Crippen LogP contribution is 2.53. The molecule has 0 unspecified atom stereocenters. The second-order valence-corrected chi connectivity index (χ2v) is 9.71. The molecule has 5 atom stereocenters. The normalized spacial score (nSPS) is 32.4. The van der Waals surface area contributed by atoms with Gasteiger partial charge in [0.05, 0.1) is 7.11 Å². The van der Waals surface area contributed by atoms with E-state index in [1.54, 1.807) is 0 Å². The first kappa shape index (κ1) is 21.3. The summed E-state index contributed by atoms with van der Waals surface area (Å²) < 4.78 is 4.92. The lowest BCUT2D eigenvalue weighted by Gasteiger charge is -2.56. The van der Waals surface area contributed by atoms with E-state index in [4.69, 9.17) is 4.74 Å². The number of likely N-dealkylation sites (tertiary alicyclic amines) is 1. The summed E-state index contributed by atoms with van der Waals surface area (Å²) in [5.74, 6) is 1.70. The third-order valence-electron chi connectivity index (χ3n) is 7.41. The number of benzene rings is 1. The van der Waals surface area contributed by atoms with Crippen LogP contribution in [0.1, 0.15) is 38.7 Å². The molecule has 1 aliphatic carbocycles. The summed E-state index contributed by atoms with van der Waals surface area (Å²) in [6.07, 6.45) is 1.90. The van der Waals surface area contributed by atoms with Gasteiger partial charge in [-0.3, -0.25) is 14.5 Å². The van der Waals surface area contributed by atoms with Crippen molar-refractivity contribution >= 4 is 11.9 Å². The van der Waals surface area contributed by atoms with Crippen molar-refractivity contribution in [2.45, 2.75) is 51.2 Å². The smallest absolute Gasteiger partial charge is 0.305 e. The number of carbonyl (C=O) groups is 2. The molecule has 4 bridgehead atoms. The Kier molecular flexibility index (Phi) is 6.16. The molecule has 1 aromatic carbocycles. The van der Waals surface area contributed by atoms with Crippen molar-refractivity contribution in [2.75, 3.05) is 26.7 Å². The first-order valence-corrected chi connectivity index (χ1v) is 11.3. The molecule has 1 amide bonds. The van der Waals surface area contributed by atoms with Crippen LogP contribution >= 0.6 is 0 Å². The number of piperidine rings is 2. The lowest BCUT2D eigenvalue weighted by molar-refractivity contribution is -0.145. The van der Waals surface area contributed by atoms with Crippen LogP contribution < -0.4 is 10.6 Å². The number of carbonyl (C=O) groups excluding carboxylic acids is 2. The van der Waals surface area contributed by atoms with Crippen molar-refractivity contribution in [1.82, 2.24) is 15.5 Å². The minimum atomic E-state index is -0.599. The molecule has 3 heterocycles. The fourth-order valence-electron chi connectivity index (χ4n) is 6.26. The molecule has 1 aromatic rings. The third kappa shape index (κ3) is 3.87. The minimum Gasteiger partial charge on any atom is -0.469 e. The number of hydrogen-bond donors (Lipinski definition) is 2. The number of ether oxygens (including phenoxy) is 1. The van der Waals surface area contributed by atoms with Gasteiger partial charge in [0.15, 0.2) is 0 Å². The maximum Gasteiger partial charge on any atom is 0.305 e. The summed E-state index contributed by atoms with van der Waals surface area (Å²) in [7, 11) is 1.44. The predicted octanol–water partition coefficient (Wildman–Crippen LogP) is 2.19. The van der Waals surface area contributed by atoms with Crippen LogP contribution in [0, 0.1) is 23.7 Å².